The van der Waals surface area contributed by atoms with Gasteiger partial charge in [0.2, 0.25) is 0 Å². The van der Waals surface area contributed by atoms with Crippen LogP contribution in [0, 0.1) is 0 Å². The maximum Gasteiger partial charge on any atom is 0.343 e. The van der Waals surface area contributed by atoms with Crippen molar-refractivity contribution in [2.45, 2.75) is 25.7 Å². The number of aliphatic imine (C=N–C) groups is 1. The number of hydrogen-bond donors (Lipinski definition) is 0. The van der Waals surface area contributed by atoms with Crippen molar-refractivity contribution in [3.8, 4) is 5.75 Å². The number of carbonyl (C=O) groups excluding carboxylic acids is 1. The third-order valence-electron chi connectivity index (χ3n) is 5.48. The van der Waals surface area contributed by atoms with Gasteiger partial charge in [0.25, 0.3) is 0 Å². The van der Waals surface area contributed by atoms with Crippen molar-refractivity contribution in [1.29, 1.82) is 0 Å². The molecule has 5 rings (SSSR count). The molecule has 0 spiro atoms. The molecular formula is C26H20ClNO3. The molecule has 1 aliphatic carbocycles. The van der Waals surface area contributed by atoms with Crippen molar-refractivity contribution in [1.82, 2.24) is 0 Å². The van der Waals surface area contributed by atoms with E-state index in [1.165, 1.54) is 5.56 Å². The third kappa shape index (κ3) is 3.99. The van der Waals surface area contributed by atoms with Crippen molar-refractivity contribution in [2.75, 3.05) is 0 Å². The average Bonchev–Trinajstić information content (AvgIpc) is 3.18. The van der Waals surface area contributed by atoms with Gasteiger partial charge in [0.05, 0.1) is 11.3 Å². The molecule has 1 aromatic heterocycles. The van der Waals surface area contributed by atoms with Crippen molar-refractivity contribution in [2.24, 2.45) is 4.99 Å². The molecule has 5 heteroatoms. The van der Waals surface area contributed by atoms with Crippen LogP contribution in [0.4, 0.5) is 5.69 Å². The zero-order valence-electron chi connectivity index (χ0n) is 16.8. The smallest absolute Gasteiger partial charge is 0.343 e. The Bertz CT molecular complexity index is 1290. The average molecular weight is 430 g/mol. The molecule has 3 aromatic carbocycles. The van der Waals surface area contributed by atoms with E-state index in [0.717, 1.165) is 53.7 Å². The number of fused-ring (bicyclic) bond motifs is 3. The van der Waals surface area contributed by atoms with Gasteiger partial charge in [0.1, 0.15) is 17.1 Å². The lowest BCUT2D eigenvalue weighted by molar-refractivity contribution is 0.0734. The SMILES string of the molecule is O=C(Oc1ccc2oc3c(c2c1C=Nc1ccccc1)CCCC3)c1cccc(Cl)c1. The number of hydrogen-bond acceptors (Lipinski definition) is 4. The van der Waals surface area contributed by atoms with Crippen LogP contribution >= 0.6 is 11.6 Å². The highest BCUT2D eigenvalue weighted by molar-refractivity contribution is 6.30. The summed E-state index contributed by atoms with van der Waals surface area (Å²) in [6.07, 6.45) is 5.88. The summed E-state index contributed by atoms with van der Waals surface area (Å²) in [4.78, 5) is 17.4. The van der Waals surface area contributed by atoms with Crippen LogP contribution in [0.25, 0.3) is 11.0 Å². The standard InChI is InChI=1S/C26H20ClNO3/c27-18-8-6-7-17(15-18)26(29)31-23-13-14-24-25(20-11-4-5-12-22(20)30-24)21(23)16-28-19-9-2-1-3-10-19/h1-3,6-10,13-16H,4-5,11-12H2. The fourth-order valence-electron chi connectivity index (χ4n) is 4.01. The highest BCUT2D eigenvalue weighted by Crippen LogP contribution is 2.37. The highest BCUT2D eigenvalue weighted by Gasteiger charge is 2.23. The van der Waals surface area contributed by atoms with E-state index in [0.29, 0.717) is 16.3 Å². The molecule has 0 amide bonds. The molecule has 0 unspecified atom stereocenters. The molecule has 0 aliphatic heterocycles. The summed E-state index contributed by atoms with van der Waals surface area (Å²) < 4.78 is 11.9. The van der Waals surface area contributed by atoms with E-state index in [1.54, 1.807) is 36.5 Å². The second-order valence-corrected chi connectivity index (χ2v) is 7.99. The van der Waals surface area contributed by atoms with Gasteiger partial charge < -0.3 is 9.15 Å². The van der Waals surface area contributed by atoms with Gasteiger partial charge in [-0.25, -0.2) is 4.79 Å². The Morgan fingerprint density at radius 2 is 1.84 bits per heavy atom. The number of aryl methyl sites for hydroxylation is 2. The van der Waals surface area contributed by atoms with Crippen molar-refractivity contribution in [3.63, 3.8) is 0 Å². The molecule has 31 heavy (non-hydrogen) atoms. The van der Waals surface area contributed by atoms with Crippen molar-refractivity contribution < 1.29 is 13.9 Å². The molecule has 0 radical (unpaired) electrons. The van der Waals surface area contributed by atoms with E-state index < -0.39 is 5.97 Å². The molecule has 0 saturated carbocycles. The zero-order valence-corrected chi connectivity index (χ0v) is 17.6. The number of carbonyl (C=O) groups is 1. The lowest BCUT2D eigenvalue weighted by Gasteiger charge is -2.12. The van der Waals surface area contributed by atoms with Gasteiger partial charge >= 0.3 is 5.97 Å². The van der Waals surface area contributed by atoms with Crippen LogP contribution in [0.15, 0.2) is 76.1 Å². The molecule has 0 bridgehead atoms. The van der Waals surface area contributed by atoms with Gasteiger partial charge in [-0.2, -0.15) is 0 Å². The van der Waals surface area contributed by atoms with Crippen LogP contribution in [0.5, 0.6) is 5.75 Å². The second kappa shape index (κ2) is 8.40. The van der Waals surface area contributed by atoms with Gasteiger partial charge in [0, 0.05) is 34.2 Å². The van der Waals surface area contributed by atoms with Gasteiger partial charge in [-0.05, 0) is 61.7 Å². The van der Waals surface area contributed by atoms with Gasteiger partial charge in [0.15, 0.2) is 0 Å². The summed E-state index contributed by atoms with van der Waals surface area (Å²) in [5, 5.41) is 1.46. The molecule has 0 saturated heterocycles. The first-order chi connectivity index (χ1) is 15.2. The molecule has 1 aliphatic rings. The lowest BCUT2D eigenvalue weighted by Crippen LogP contribution is -2.10. The molecule has 0 N–H and O–H groups in total. The summed E-state index contributed by atoms with van der Waals surface area (Å²) in [5.74, 6) is 1.01. The Morgan fingerprint density at radius 3 is 2.68 bits per heavy atom. The summed E-state index contributed by atoms with van der Waals surface area (Å²) in [6, 6.07) is 20.1. The Balaban J connectivity index is 1.61. The van der Waals surface area contributed by atoms with E-state index in [1.807, 2.05) is 36.4 Å². The maximum absolute atomic E-state index is 12.8. The summed E-state index contributed by atoms with van der Waals surface area (Å²) in [6.45, 7) is 0. The summed E-state index contributed by atoms with van der Waals surface area (Å²) in [7, 11) is 0. The quantitative estimate of drug-likeness (QED) is 0.200. The number of rotatable bonds is 4. The second-order valence-electron chi connectivity index (χ2n) is 7.56. The van der Waals surface area contributed by atoms with Gasteiger partial charge in [-0.3, -0.25) is 4.99 Å². The molecule has 1 heterocycles. The monoisotopic (exact) mass is 429 g/mol. The molecule has 4 aromatic rings. The number of ether oxygens (including phenoxy) is 1. The van der Waals surface area contributed by atoms with Crippen LogP contribution in [0.2, 0.25) is 5.02 Å². The number of nitrogens with zero attached hydrogens (tertiary/aromatic N) is 1. The minimum Gasteiger partial charge on any atom is -0.461 e. The van der Waals surface area contributed by atoms with Crippen LogP contribution < -0.4 is 4.74 Å². The van der Waals surface area contributed by atoms with E-state index >= 15 is 0 Å². The first-order valence-corrected chi connectivity index (χ1v) is 10.7. The topological polar surface area (TPSA) is 51.8 Å². The normalized spacial score (nSPS) is 13.5. The Kier molecular flexibility index (Phi) is 5.31. The van der Waals surface area contributed by atoms with E-state index in [9.17, 15) is 4.79 Å². The molecule has 154 valence electrons. The molecule has 0 fully saturated rings. The molecular weight excluding hydrogens is 410 g/mol. The minimum absolute atomic E-state index is 0.396. The van der Waals surface area contributed by atoms with Crippen LogP contribution in [-0.2, 0) is 12.8 Å². The number of para-hydroxylation sites is 1. The number of halogens is 1. The Hall–Kier alpha value is -3.37. The predicted octanol–water partition coefficient (Wildman–Crippen LogP) is 6.93. The number of furan rings is 1. The first-order valence-electron chi connectivity index (χ1n) is 10.3. The van der Waals surface area contributed by atoms with Gasteiger partial charge in [-0.1, -0.05) is 35.9 Å². The predicted molar refractivity (Wildman–Crippen MR) is 123 cm³/mol. The van der Waals surface area contributed by atoms with Crippen molar-refractivity contribution in [3.05, 3.63) is 94.2 Å². The summed E-state index contributed by atoms with van der Waals surface area (Å²) in [5.41, 5.74) is 3.96. The zero-order chi connectivity index (χ0) is 21.2. The fraction of sp³-hybridized carbons (Fsp3) is 0.154. The number of esters is 1. The van der Waals surface area contributed by atoms with E-state index in [4.69, 9.17) is 20.8 Å². The Labute approximate surface area is 185 Å². The minimum atomic E-state index is -0.464. The largest absolute Gasteiger partial charge is 0.461 e. The number of benzene rings is 3. The first kappa shape index (κ1) is 19.6. The van der Waals surface area contributed by atoms with Crippen LogP contribution in [0.1, 0.15) is 40.1 Å². The van der Waals surface area contributed by atoms with Gasteiger partial charge in [-0.15, -0.1) is 0 Å². The molecule has 0 atom stereocenters. The van der Waals surface area contributed by atoms with Crippen LogP contribution in [-0.4, -0.2) is 12.2 Å². The maximum atomic E-state index is 12.8. The Morgan fingerprint density at radius 1 is 1.00 bits per heavy atom. The van der Waals surface area contributed by atoms with Crippen LogP contribution in [0.3, 0.4) is 0 Å². The third-order valence-corrected chi connectivity index (χ3v) is 5.72. The summed E-state index contributed by atoms with van der Waals surface area (Å²) >= 11 is 6.04. The molecule has 4 nitrogen and oxygen atoms in total. The van der Waals surface area contributed by atoms with Crippen molar-refractivity contribution >= 4 is 40.4 Å². The van der Waals surface area contributed by atoms with E-state index in [2.05, 4.69) is 4.99 Å². The van der Waals surface area contributed by atoms with E-state index in [-0.39, 0.29) is 0 Å². The lowest BCUT2D eigenvalue weighted by atomic mass is 9.94. The highest BCUT2D eigenvalue weighted by atomic mass is 35.5. The fourth-order valence-corrected chi connectivity index (χ4v) is 4.20.